The normalized spacial score (nSPS) is 14.4. The van der Waals surface area contributed by atoms with Crippen LogP contribution in [0.15, 0.2) is 72.8 Å². The van der Waals surface area contributed by atoms with Crippen LogP contribution >= 0.6 is 33.2 Å². The molecular formula is C22H15Cl3Si. The highest BCUT2D eigenvalue weighted by atomic mass is 35.8. The molecule has 5 rings (SSSR count). The molecule has 4 heteroatoms. The van der Waals surface area contributed by atoms with E-state index >= 15 is 0 Å². The highest BCUT2D eigenvalue weighted by molar-refractivity contribution is 7.65. The molecule has 4 aromatic rings. The fraction of sp³-hybridized carbons (Fsp3) is 0.0909. The number of halogens is 3. The minimum atomic E-state index is -3.02. The second kappa shape index (κ2) is 6.00. The third kappa shape index (κ3) is 2.66. The van der Waals surface area contributed by atoms with Crippen LogP contribution < -0.4 is 0 Å². The molecule has 1 aliphatic rings. The van der Waals surface area contributed by atoms with Gasteiger partial charge in [-0.25, -0.2) is 0 Å². The van der Waals surface area contributed by atoms with Crippen LogP contribution in [0.3, 0.4) is 0 Å². The smallest absolute Gasteiger partial charge is 0.125 e. The minimum Gasteiger partial charge on any atom is -0.125 e. The molecule has 0 saturated heterocycles. The van der Waals surface area contributed by atoms with Gasteiger partial charge in [0.05, 0.1) is 0 Å². The van der Waals surface area contributed by atoms with Gasteiger partial charge in [-0.2, -0.15) is 0 Å². The number of fused-ring (bicyclic) bond motifs is 4. The van der Waals surface area contributed by atoms with Crippen LogP contribution in [0.5, 0.6) is 0 Å². The van der Waals surface area contributed by atoms with Gasteiger partial charge in [-0.15, -0.1) is 33.2 Å². The van der Waals surface area contributed by atoms with Gasteiger partial charge in [0, 0.05) is 5.54 Å². The summed E-state index contributed by atoms with van der Waals surface area (Å²) in [5.41, 5.74) is 4.77. The molecule has 0 aliphatic heterocycles. The predicted octanol–water partition coefficient (Wildman–Crippen LogP) is 7.22. The van der Waals surface area contributed by atoms with E-state index in [0.717, 1.165) is 6.42 Å². The summed E-state index contributed by atoms with van der Waals surface area (Å²) >= 11 is 19.9. The molecule has 0 N–H and O–H groups in total. The Kier molecular flexibility index (Phi) is 3.84. The van der Waals surface area contributed by atoms with Crippen molar-refractivity contribution in [1.29, 1.82) is 0 Å². The summed E-state index contributed by atoms with van der Waals surface area (Å²) in [6.45, 7) is 0. The van der Waals surface area contributed by atoms with Gasteiger partial charge in [0.15, 0.2) is 0 Å². The molecule has 0 spiro atoms. The molecule has 0 saturated carbocycles. The van der Waals surface area contributed by atoms with Crippen LogP contribution in [0.2, 0.25) is 0 Å². The molecule has 0 nitrogen and oxygen atoms in total. The summed E-state index contributed by atoms with van der Waals surface area (Å²) < 4.78 is 0. The molecule has 4 aromatic carbocycles. The van der Waals surface area contributed by atoms with Crippen LogP contribution in [-0.2, 0) is 6.42 Å². The predicted molar refractivity (Wildman–Crippen MR) is 116 cm³/mol. The summed E-state index contributed by atoms with van der Waals surface area (Å²) in [6, 6.07) is 22.8. The lowest BCUT2D eigenvalue weighted by Gasteiger charge is -2.32. The molecule has 0 radical (unpaired) electrons. The zero-order valence-corrected chi connectivity index (χ0v) is 17.1. The average Bonchev–Trinajstić information content (AvgIpc) is 2.61. The number of hydrogen-bond donors (Lipinski definition) is 0. The van der Waals surface area contributed by atoms with Crippen molar-refractivity contribution in [2.45, 2.75) is 12.0 Å². The fourth-order valence-corrected chi connectivity index (χ4v) is 7.54. The summed E-state index contributed by atoms with van der Waals surface area (Å²) in [4.78, 5) is 0. The molecule has 1 aliphatic carbocycles. The van der Waals surface area contributed by atoms with E-state index in [1.807, 2.05) is 0 Å². The van der Waals surface area contributed by atoms with Crippen molar-refractivity contribution in [3.63, 3.8) is 0 Å². The van der Waals surface area contributed by atoms with Crippen LogP contribution in [0.4, 0.5) is 0 Å². The Morgan fingerprint density at radius 1 is 0.615 bits per heavy atom. The summed E-state index contributed by atoms with van der Waals surface area (Å²) in [7, 11) is 0. The topological polar surface area (TPSA) is 0 Å². The maximum Gasteiger partial charge on any atom is 0.352 e. The zero-order chi connectivity index (χ0) is 17.9. The third-order valence-electron chi connectivity index (χ3n) is 5.35. The fourth-order valence-electron chi connectivity index (χ4n) is 4.18. The first-order chi connectivity index (χ1) is 12.5. The summed E-state index contributed by atoms with van der Waals surface area (Å²) in [5.74, 6) is 0. The maximum atomic E-state index is 6.64. The monoisotopic (exact) mass is 412 g/mol. The van der Waals surface area contributed by atoms with E-state index in [1.54, 1.807) is 0 Å². The van der Waals surface area contributed by atoms with Crippen molar-refractivity contribution in [3.8, 4) is 0 Å². The first-order valence-corrected chi connectivity index (χ1v) is 13.7. The first kappa shape index (κ1) is 16.6. The van der Waals surface area contributed by atoms with Gasteiger partial charge in [-0.1, -0.05) is 72.8 Å². The highest BCUT2D eigenvalue weighted by Crippen LogP contribution is 2.48. The van der Waals surface area contributed by atoms with E-state index in [1.165, 1.54) is 43.8 Å². The highest BCUT2D eigenvalue weighted by Gasteiger charge is 2.43. The quantitative estimate of drug-likeness (QED) is 0.228. The number of benzene rings is 4. The van der Waals surface area contributed by atoms with Crippen molar-refractivity contribution in [2.75, 3.05) is 0 Å². The Morgan fingerprint density at radius 3 is 1.38 bits per heavy atom. The Hall–Kier alpha value is -1.51. The molecule has 0 aromatic heterocycles. The molecule has 26 heavy (non-hydrogen) atoms. The maximum absolute atomic E-state index is 6.64. The Balaban J connectivity index is 1.82. The molecule has 0 heterocycles. The minimum absolute atomic E-state index is 0.138. The van der Waals surface area contributed by atoms with E-state index in [-0.39, 0.29) is 5.54 Å². The van der Waals surface area contributed by atoms with Crippen LogP contribution in [0, 0.1) is 0 Å². The van der Waals surface area contributed by atoms with E-state index in [4.69, 9.17) is 33.2 Å². The van der Waals surface area contributed by atoms with Gasteiger partial charge in [0.25, 0.3) is 0 Å². The van der Waals surface area contributed by atoms with Crippen molar-refractivity contribution < 1.29 is 0 Å². The molecule has 0 bridgehead atoms. The van der Waals surface area contributed by atoms with Crippen molar-refractivity contribution in [1.82, 2.24) is 0 Å². The second-order valence-electron chi connectivity index (χ2n) is 6.95. The van der Waals surface area contributed by atoms with Gasteiger partial charge in [-0.3, -0.25) is 0 Å². The molecule has 0 unspecified atom stereocenters. The van der Waals surface area contributed by atoms with Crippen molar-refractivity contribution >= 4 is 60.8 Å². The van der Waals surface area contributed by atoms with Crippen molar-refractivity contribution in [3.05, 3.63) is 95.1 Å². The largest absolute Gasteiger partial charge is 0.352 e. The summed E-state index contributed by atoms with van der Waals surface area (Å²) in [6.07, 6.45) is 0.881. The molecular weight excluding hydrogens is 399 g/mol. The van der Waals surface area contributed by atoms with E-state index < -0.39 is 6.00 Å². The van der Waals surface area contributed by atoms with Gasteiger partial charge < -0.3 is 0 Å². The lowest BCUT2D eigenvalue weighted by molar-refractivity contribution is 0.976. The first-order valence-electron chi connectivity index (χ1n) is 8.60. The van der Waals surface area contributed by atoms with Crippen molar-refractivity contribution in [2.24, 2.45) is 0 Å². The average molecular weight is 414 g/mol. The third-order valence-corrected chi connectivity index (χ3v) is 8.59. The standard InChI is InChI=1S/C22H15Cl3Si/c23-26(24,25)22-20-12-16-7-3-1-5-14(16)9-18(20)11-19-10-15-6-2-4-8-17(15)13-21(19)22/h1-10,12-13,22H,11H2. The molecule has 0 amide bonds. The molecule has 0 atom stereocenters. The Bertz CT molecular complexity index is 1080. The number of hydrogen-bond acceptors (Lipinski definition) is 0. The second-order valence-corrected chi connectivity index (χ2v) is 15.7. The van der Waals surface area contributed by atoms with E-state index in [0.29, 0.717) is 0 Å². The van der Waals surface area contributed by atoms with Crippen LogP contribution in [-0.4, -0.2) is 6.00 Å². The molecule has 0 fully saturated rings. The summed E-state index contributed by atoms with van der Waals surface area (Å²) in [5, 5.41) is 4.87. The van der Waals surface area contributed by atoms with Gasteiger partial charge >= 0.3 is 6.00 Å². The van der Waals surface area contributed by atoms with E-state index in [9.17, 15) is 0 Å². The lowest BCUT2D eigenvalue weighted by Crippen LogP contribution is -2.29. The van der Waals surface area contributed by atoms with Gasteiger partial charge in [-0.05, 0) is 50.2 Å². The zero-order valence-electron chi connectivity index (χ0n) is 13.8. The van der Waals surface area contributed by atoms with Crippen LogP contribution in [0.1, 0.15) is 27.8 Å². The number of rotatable bonds is 1. The Morgan fingerprint density at radius 2 is 1.00 bits per heavy atom. The van der Waals surface area contributed by atoms with E-state index in [2.05, 4.69) is 72.8 Å². The Labute approximate surface area is 167 Å². The SMILES string of the molecule is Cl[Si](Cl)(Cl)C1c2cc3ccccc3cc2Cc2cc3ccccc3cc21. The lowest BCUT2D eigenvalue weighted by atomic mass is 9.83. The van der Waals surface area contributed by atoms with Gasteiger partial charge in [0.1, 0.15) is 0 Å². The van der Waals surface area contributed by atoms with Crippen LogP contribution in [0.25, 0.3) is 21.5 Å². The molecule has 128 valence electrons. The van der Waals surface area contributed by atoms with Gasteiger partial charge in [0.2, 0.25) is 0 Å².